The lowest BCUT2D eigenvalue weighted by Gasteiger charge is -2.08. The molecule has 0 aliphatic carbocycles. The largest absolute Gasteiger partial charge is 0.302 e. The van der Waals surface area contributed by atoms with Crippen LogP contribution in [0.5, 0.6) is 0 Å². The van der Waals surface area contributed by atoms with Gasteiger partial charge in [0.05, 0.1) is 0 Å². The van der Waals surface area contributed by atoms with Crippen molar-refractivity contribution in [2.45, 2.75) is 44.1 Å². The number of aryl methyl sites for hydroxylation is 1. The van der Waals surface area contributed by atoms with E-state index < -0.39 is 0 Å². The summed E-state index contributed by atoms with van der Waals surface area (Å²) in [5.74, 6) is 0.954. The number of nitrogens with zero attached hydrogens (tertiary/aromatic N) is 3. The van der Waals surface area contributed by atoms with Gasteiger partial charge in [-0.1, -0.05) is 31.7 Å². The second-order valence-corrected chi connectivity index (χ2v) is 4.67. The van der Waals surface area contributed by atoms with E-state index in [4.69, 9.17) is 0 Å². The molecule has 1 aromatic heterocycles. The summed E-state index contributed by atoms with van der Waals surface area (Å²) in [6.07, 6.45) is 3.02. The molecule has 0 aromatic carbocycles. The first-order valence-corrected chi connectivity index (χ1v) is 5.74. The normalized spacial score (nSPS) is 12.8. The van der Waals surface area contributed by atoms with Gasteiger partial charge in [0.2, 0.25) is 0 Å². The molecule has 0 radical (unpaired) electrons. The molecule has 14 heavy (non-hydrogen) atoms. The first-order chi connectivity index (χ1) is 6.69. The zero-order valence-corrected chi connectivity index (χ0v) is 9.84. The summed E-state index contributed by atoms with van der Waals surface area (Å²) >= 11 is 1.77. The third kappa shape index (κ3) is 2.61. The maximum Gasteiger partial charge on any atom is 0.191 e. The quantitative estimate of drug-likeness (QED) is 0.554. The van der Waals surface area contributed by atoms with Gasteiger partial charge in [-0.05, 0) is 13.3 Å². The zero-order valence-electron chi connectivity index (χ0n) is 9.03. The minimum Gasteiger partial charge on any atom is -0.302 e. The summed E-state index contributed by atoms with van der Waals surface area (Å²) in [5, 5.41) is 9.80. The van der Waals surface area contributed by atoms with Gasteiger partial charge in [0.25, 0.3) is 0 Å². The lowest BCUT2D eigenvalue weighted by atomic mass is 10.4. The van der Waals surface area contributed by atoms with Gasteiger partial charge in [0.1, 0.15) is 5.82 Å². The number of hydrogen-bond acceptors (Lipinski definition) is 3. The maximum atomic E-state index is 4.15. The molecule has 0 spiro atoms. The predicted molar refractivity (Wildman–Crippen MR) is 60.6 cm³/mol. The Morgan fingerprint density at radius 3 is 2.86 bits per heavy atom. The van der Waals surface area contributed by atoms with Crippen LogP contribution in [0.2, 0.25) is 0 Å². The molecule has 0 amide bonds. The molecule has 0 saturated carbocycles. The van der Waals surface area contributed by atoms with Crippen molar-refractivity contribution in [1.82, 2.24) is 14.8 Å². The van der Waals surface area contributed by atoms with Gasteiger partial charge >= 0.3 is 0 Å². The van der Waals surface area contributed by atoms with Crippen LogP contribution in [-0.2, 0) is 6.54 Å². The van der Waals surface area contributed by atoms with Gasteiger partial charge in [0, 0.05) is 11.8 Å². The molecule has 0 N–H and O–H groups in total. The predicted octanol–water partition coefficient (Wildman–Crippen LogP) is 2.66. The molecule has 0 saturated heterocycles. The summed E-state index contributed by atoms with van der Waals surface area (Å²) in [6, 6.07) is 0. The summed E-state index contributed by atoms with van der Waals surface area (Å²) in [5.41, 5.74) is 0. The summed E-state index contributed by atoms with van der Waals surface area (Å²) in [4.78, 5) is 0. The zero-order chi connectivity index (χ0) is 10.6. The van der Waals surface area contributed by atoms with Crippen LogP contribution in [-0.4, -0.2) is 20.0 Å². The van der Waals surface area contributed by atoms with Gasteiger partial charge in [-0.25, -0.2) is 0 Å². The van der Waals surface area contributed by atoms with Crippen molar-refractivity contribution in [2.24, 2.45) is 0 Å². The van der Waals surface area contributed by atoms with E-state index in [-0.39, 0.29) is 0 Å². The van der Waals surface area contributed by atoms with Crippen LogP contribution in [0.3, 0.4) is 0 Å². The lowest BCUT2D eigenvalue weighted by Crippen LogP contribution is -2.02. The fourth-order valence-corrected chi connectivity index (χ4v) is 2.00. The molecule has 1 heterocycles. The lowest BCUT2D eigenvalue weighted by molar-refractivity contribution is 0.700. The van der Waals surface area contributed by atoms with E-state index in [9.17, 15) is 0 Å². The number of allylic oxidation sites excluding steroid dienone is 1. The number of rotatable bonds is 5. The highest BCUT2D eigenvalue weighted by molar-refractivity contribution is 7.99. The summed E-state index contributed by atoms with van der Waals surface area (Å²) in [7, 11) is 0. The van der Waals surface area contributed by atoms with E-state index in [0.29, 0.717) is 5.25 Å². The molecule has 0 aliphatic heterocycles. The standard InChI is InChI=1S/C10H17N3S/c1-5-7-13-9(4)11-12-10(13)14-8(3)6-2/h5,8H,1,6-7H2,2-4H3. The van der Waals surface area contributed by atoms with Crippen molar-refractivity contribution in [1.29, 1.82) is 0 Å². The van der Waals surface area contributed by atoms with E-state index in [0.717, 1.165) is 23.9 Å². The van der Waals surface area contributed by atoms with Gasteiger partial charge < -0.3 is 4.57 Å². The van der Waals surface area contributed by atoms with E-state index in [1.165, 1.54) is 0 Å². The third-order valence-corrected chi connectivity index (χ3v) is 3.34. The molecular weight excluding hydrogens is 194 g/mol. The van der Waals surface area contributed by atoms with E-state index in [1.807, 2.05) is 13.0 Å². The first-order valence-electron chi connectivity index (χ1n) is 4.86. The second kappa shape index (κ2) is 5.20. The second-order valence-electron chi connectivity index (χ2n) is 3.27. The topological polar surface area (TPSA) is 30.7 Å². The molecule has 4 heteroatoms. The fraction of sp³-hybridized carbons (Fsp3) is 0.600. The minimum atomic E-state index is 0.585. The van der Waals surface area contributed by atoms with Gasteiger partial charge in [-0.15, -0.1) is 16.8 Å². The molecule has 1 unspecified atom stereocenters. The van der Waals surface area contributed by atoms with E-state index in [2.05, 4.69) is 35.2 Å². The van der Waals surface area contributed by atoms with Crippen LogP contribution in [0, 0.1) is 6.92 Å². The SMILES string of the molecule is C=CCn1c(C)nnc1SC(C)CC. The maximum absolute atomic E-state index is 4.15. The van der Waals surface area contributed by atoms with Crippen molar-refractivity contribution >= 4 is 11.8 Å². The molecule has 0 aliphatic rings. The number of thioether (sulfide) groups is 1. The van der Waals surface area contributed by atoms with Crippen LogP contribution < -0.4 is 0 Å². The summed E-state index contributed by atoms with van der Waals surface area (Å²) in [6.45, 7) is 10.9. The average molecular weight is 211 g/mol. The van der Waals surface area contributed by atoms with Crippen LogP contribution in [0.15, 0.2) is 17.8 Å². The monoisotopic (exact) mass is 211 g/mol. The van der Waals surface area contributed by atoms with Crippen molar-refractivity contribution < 1.29 is 0 Å². The Kier molecular flexibility index (Phi) is 4.20. The number of hydrogen-bond donors (Lipinski definition) is 0. The highest BCUT2D eigenvalue weighted by Gasteiger charge is 2.10. The van der Waals surface area contributed by atoms with Crippen molar-refractivity contribution in [3.8, 4) is 0 Å². The van der Waals surface area contributed by atoms with Crippen LogP contribution in [0.1, 0.15) is 26.1 Å². The minimum absolute atomic E-state index is 0.585. The molecule has 78 valence electrons. The van der Waals surface area contributed by atoms with E-state index in [1.54, 1.807) is 11.8 Å². The average Bonchev–Trinajstić information content (AvgIpc) is 2.50. The van der Waals surface area contributed by atoms with Crippen LogP contribution in [0.4, 0.5) is 0 Å². The van der Waals surface area contributed by atoms with Crippen molar-refractivity contribution in [3.05, 3.63) is 18.5 Å². The molecule has 1 rings (SSSR count). The van der Waals surface area contributed by atoms with Gasteiger partial charge in [-0.3, -0.25) is 0 Å². The number of aromatic nitrogens is 3. The third-order valence-electron chi connectivity index (χ3n) is 2.09. The van der Waals surface area contributed by atoms with Crippen molar-refractivity contribution in [2.75, 3.05) is 0 Å². The fourth-order valence-electron chi connectivity index (χ4n) is 1.05. The highest BCUT2D eigenvalue weighted by Crippen LogP contribution is 2.23. The Bertz CT molecular complexity index is 306. The molecule has 0 bridgehead atoms. The molecular formula is C10H17N3S. The van der Waals surface area contributed by atoms with Gasteiger partial charge in [-0.2, -0.15) is 0 Å². The molecule has 1 aromatic rings. The van der Waals surface area contributed by atoms with E-state index >= 15 is 0 Å². The Morgan fingerprint density at radius 1 is 1.57 bits per heavy atom. The Balaban J connectivity index is 2.80. The highest BCUT2D eigenvalue weighted by atomic mass is 32.2. The van der Waals surface area contributed by atoms with Crippen LogP contribution in [0.25, 0.3) is 0 Å². The van der Waals surface area contributed by atoms with Crippen LogP contribution >= 0.6 is 11.8 Å². The Morgan fingerprint density at radius 2 is 2.29 bits per heavy atom. The molecule has 0 fully saturated rings. The van der Waals surface area contributed by atoms with Crippen molar-refractivity contribution in [3.63, 3.8) is 0 Å². The van der Waals surface area contributed by atoms with Gasteiger partial charge in [0.15, 0.2) is 5.16 Å². The Hall–Kier alpha value is -0.770. The molecule has 3 nitrogen and oxygen atoms in total. The molecule has 1 atom stereocenters. The Labute approximate surface area is 89.6 Å². The first kappa shape index (κ1) is 11.3. The smallest absolute Gasteiger partial charge is 0.191 e. The summed E-state index contributed by atoms with van der Waals surface area (Å²) < 4.78 is 2.09.